The summed E-state index contributed by atoms with van der Waals surface area (Å²) in [5, 5.41) is 2.78. The minimum absolute atomic E-state index is 0.0379. The van der Waals surface area contributed by atoms with E-state index < -0.39 is 10.0 Å². The number of hydrogen-bond donors (Lipinski definition) is 1. The number of benzene rings is 1. The quantitative estimate of drug-likeness (QED) is 0.836. The van der Waals surface area contributed by atoms with E-state index in [0.717, 1.165) is 0 Å². The fourth-order valence-corrected chi connectivity index (χ4v) is 4.52. The lowest BCUT2D eigenvalue weighted by Gasteiger charge is -2.25. The van der Waals surface area contributed by atoms with Crippen molar-refractivity contribution in [3.8, 4) is 0 Å². The van der Waals surface area contributed by atoms with Gasteiger partial charge >= 0.3 is 0 Å². The Labute approximate surface area is 161 Å². The molecule has 1 aromatic rings. The maximum Gasteiger partial charge on any atom is 0.243 e. The summed E-state index contributed by atoms with van der Waals surface area (Å²) in [6.45, 7) is 5.68. The smallest absolute Gasteiger partial charge is 0.243 e. The Hall–Kier alpha value is -1.93. The van der Waals surface area contributed by atoms with Crippen LogP contribution in [0.2, 0.25) is 0 Å². The van der Waals surface area contributed by atoms with Gasteiger partial charge in [0.15, 0.2) is 0 Å². The van der Waals surface area contributed by atoms with Crippen molar-refractivity contribution in [1.29, 1.82) is 0 Å². The van der Waals surface area contributed by atoms with Gasteiger partial charge in [-0.05, 0) is 24.5 Å². The maximum atomic E-state index is 12.9. The molecule has 0 radical (unpaired) electrons. The Bertz CT molecular complexity index is 735. The summed E-state index contributed by atoms with van der Waals surface area (Å²) in [7, 11) is -3.67. The summed E-state index contributed by atoms with van der Waals surface area (Å²) in [6.07, 6.45) is 1.08. The number of amides is 2. The minimum Gasteiger partial charge on any atom is -0.354 e. The molecule has 27 heavy (non-hydrogen) atoms. The third-order valence-electron chi connectivity index (χ3n) is 4.44. The standard InChI is InChI=1S/C19H29N3O4S/c1-16(2)15-19(24)21-11-6-12-22(13-9-18(23)20-10-14-21)27(25,26)17-7-4-3-5-8-17/h3-5,7-8,16H,6,9-15H2,1-2H3,(H,20,23). The van der Waals surface area contributed by atoms with E-state index in [-0.39, 0.29) is 42.1 Å². The number of carbonyl (C=O) groups excluding carboxylic acids is 2. The van der Waals surface area contributed by atoms with E-state index >= 15 is 0 Å². The molecule has 0 aliphatic carbocycles. The number of nitrogens with zero attached hydrogens (tertiary/aromatic N) is 2. The summed E-state index contributed by atoms with van der Waals surface area (Å²) in [4.78, 5) is 26.4. The fraction of sp³-hybridized carbons (Fsp3) is 0.579. The van der Waals surface area contributed by atoms with E-state index in [4.69, 9.17) is 0 Å². The van der Waals surface area contributed by atoms with Gasteiger partial charge in [0.2, 0.25) is 21.8 Å². The van der Waals surface area contributed by atoms with E-state index in [1.54, 1.807) is 35.2 Å². The zero-order chi connectivity index (χ0) is 19.9. The molecule has 1 aliphatic rings. The molecule has 1 saturated heterocycles. The highest BCUT2D eigenvalue weighted by atomic mass is 32.2. The number of rotatable bonds is 4. The van der Waals surface area contributed by atoms with Gasteiger partial charge in [-0.25, -0.2) is 8.42 Å². The molecule has 2 amide bonds. The Balaban J connectivity index is 2.14. The first-order valence-corrected chi connectivity index (χ1v) is 10.8. The highest BCUT2D eigenvalue weighted by Gasteiger charge is 2.26. The molecular weight excluding hydrogens is 366 g/mol. The van der Waals surface area contributed by atoms with Crippen LogP contribution in [-0.4, -0.2) is 62.2 Å². The first kappa shape index (κ1) is 21.4. The molecule has 2 rings (SSSR count). The number of hydrogen-bond acceptors (Lipinski definition) is 4. The van der Waals surface area contributed by atoms with E-state index in [0.29, 0.717) is 32.5 Å². The van der Waals surface area contributed by atoms with Crippen LogP contribution in [0.3, 0.4) is 0 Å². The second-order valence-electron chi connectivity index (χ2n) is 7.15. The molecule has 0 atom stereocenters. The number of nitrogens with one attached hydrogen (secondary N) is 1. The van der Waals surface area contributed by atoms with Gasteiger partial charge < -0.3 is 10.2 Å². The molecule has 1 aliphatic heterocycles. The normalized spacial score (nSPS) is 18.0. The average molecular weight is 396 g/mol. The van der Waals surface area contributed by atoms with Crippen molar-refractivity contribution >= 4 is 21.8 Å². The third kappa shape index (κ3) is 6.32. The third-order valence-corrected chi connectivity index (χ3v) is 6.36. The Kier molecular flexibility index (Phi) is 7.79. The van der Waals surface area contributed by atoms with Crippen LogP contribution in [-0.2, 0) is 19.6 Å². The van der Waals surface area contributed by atoms with Gasteiger partial charge in [-0.15, -0.1) is 0 Å². The minimum atomic E-state index is -3.67. The summed E-state index contributed by atoms with van der Waals surface area (Å²) < 4.78 is 27.2. The van der Waals surface area contributed by atoms with Crippen molar-refractivity contribution in [1.82, 2.24) is 14.5 Å². The molecule has 1 N–H and O–H groups in total. The predicted molar refractivity (Wildman–Crippen MR) is 103 cm³/mol. The first-order chi connectivity index (χ1) is 12.8. The van der Waals surface area contributed by atoms with Crippen molar-refractivity contribution in [3.05, 3.63) is 30.3 Å². The lowest BCUT2D eigenvalue weighted by molar-refractivity contribution is -0.132. The highest BCUT2D eigenvalue weighted by Crippen LogP contribution is 2.16. The van der Waals surface area contributed by atoms with E-state index in [1.807, 2.05) is 13.8 Å². The van der Waals surface area contributed by atoms with Crippen LogP contribution in [0.25, 0.3) is 0 Å². The van der Waals surface area contributed by atoms with Gasteiger partial charge in [0, 0.05) is 45.6 Å². The largest absolute Gasteiger partial charge is 0.354 e. The van der Waals surface area contributed by atoms with Gasteiger partial charge in [-0.3, -0.25) is 9.59 Å². The molecule has 0 aromatic heterocycles. The SMILES string of the molecule is CC(C)CC(=O)N1CCCN(S(=O)(=O)c2ccccc2)CCC(=O)NCC1. The van der Waals surface area contributed by atoms with Crippen LogP contribution in [0, 0.1) is 5.92 Å². The van der Waals surface area contributed by atoms with E-state index in [9.17, 15) is 18.0 Å². The first-order valence-electron chi connectivity index (χ1n) is 9.40. The average Bonchev–Trinajstić information content (AvgIpc) is 2.66. The second kappa shape index (κ2) is 9.85. The lowest BCUT2D eigenvalue weighted by atomic mass is 10.1. The Morgan fingerprint density at radius 3 is 2.48 bits per heavy atom. The monoisotopic (exact) mass is 395 g/mol. The summed E-state index contributed by atoms with van der Waals surface area (Å²) in [6, 6.07) is 8.23. The molecule has 0 bridgehead atoms. The van der Waals surface area contributed by atoms with Gasteiger partial charge in [0.1, 0.15) is 0 Å². The van der Waals surface area contributed by atoms with Crippen molar-refractivity contribution in [2.24, 2.45) is 5.92 Å². The summed E-state index contributed by atoms with van der Waals surface area (Å²) >= 11 is 0. The predicted octanol–water partition coefficient (Wildman–Crippen LogP) is 1.46. The van der Waals surface area contributed by atoms with Crippen LogP contribution in [0.4, 0.5) is 0 Å². The van der Waals surface area contributed by atoms with Crippen LogP contribution < -0.4 is 5.32 Å². The zero-order valence-corrected chi connectivity index (χ0v) is 16.9. The molecule has 0 saturated carbocycles. The molecule has 8 heteroatoms. The van der Waals surface area contributed by atoms with Crippen molar-refractivity contribution in [2.45, 2.75) is 38.0 Å². The van der Waals surface area contributed by atoms with Gasteiger partial charge in [0.05, 0.1) is 4.90 Å². The van der Waals surface area contributed by atoms with Crippen LogP contribution in [0.5, 0.6) is 0 Å². The van der Waals surface area contributed by atoms with E-state index in [1.165, 1.54) is 4.31 Å². The highest BCUT2D eigenvalue weighted by molar-refractivity contribution is 7.89. The molecule has 1 heterocycles. The van der Waals surface area contributed by atoms with Crippen molar-refractivity contribution < 1.29 is 18.0 Å². The Morgan fingerprint density at radius 2 is 1.81 bits per heavy atom. The molecule has 150 valence electrons. The zero-order valence-electron chi connectivity index (χ0n) is 16.1. The Morgan fingerprint density at radius 1 is 1.11 bits per heavy atom. The number of carbonyl (C=O) groups is 2. The molecule has 0 unspecified atom stereocenters. The van der Waals surface area contributed by atoms with Gasteiger partial charge in [0.25, 0.3) is 0 Å². The van der Waals surface area contributed by atoms with Crippen LogP contribution >= 0.6 is 0 Å². The second-order valence-corrected chi connectivity index (χ2v) is 9.09. The van der Waals surface area contributed by atoms with Crippen LogP contribution in [0.1, 0.15) is 33.1 Å². The number of sulfonamides is 1. The van der Waals surface area contributed by atoms with Gasteiger partial charge in [-0.2, -0.15) is 4.31 Å². The van der Waals surface area contributed by atoms with Crippen molar-refractivity contribution in [3.63, 3.8) is 0 Å². The molecule has 1 fully saturated rings. The lowest BCUT2D eigenvalue weighted by Crippen LogP contribution is -2.39. The summed E-state index contributed by atoms with van der Waals surface area (Å²) in [5.41, 5.74) is 0. The fourth-order valence-electron chi connectivity index (χ4n) is 3.02. The maximum absolute atomic E-state index is 12.9. The molecular formula is C19H29N3O4S. The van der Waals surface area contributed by atoms with Crippen LogP contribution in [0.15, 0.2) is 35.2 Å². The van der Waals surface area contributed by atoms with Gasteiger partial charge in [-0.1, -0.05) is 32.0 Å². The summed E-state index contributed by atoms with van der Waals surface area (Å²) in [5.74, 6) is 0.0811. The molecule has 0 spiro atoms. The van der Waals surface area contributed by atoms with E-state index in [2.05, 4.69) is 5.32 Å². The topological polar surface area (TPSA) is 86.8 Å². The molecule has 1 aromatic carbocycles. The molecule has 7 nitrogen and oxygen atoms in total. The van der Waals surface area contributed by atoms with Crippen molar-refractivity contribution in [2.75, 3.05) is 32.7 Å².